The van der Waals surface area contributed by atoms with E-state index >= 15 is 0 Å². The third kappa shape index (κ3) is 2.74. The third-order valence-electron chi connectivity index (χ3n) is 5.04. The molecule has 5 aromatic rings. The number of benzene rings is 3. The van der Waals surface area contributed by atoms with E-state index in [2.05, 4.69) is 63.9 Å². The lowest BCUT2D eigenvalue weighted by Gasteiger charge is -2.12. The first-order valence-corrected chi connectivity index (χ1v) is 9.03. The van der Waals surface area contributed by atoms with E-state index in [1.54, 1.807) is 6.07 Å². The molecule has 130 valence electrons. The fourth-order valence-electron chi connectivity index (χ4n) is 3.67. The van der Waals surface area contributed by atoms with Gasteiger partial charge < -0.3 is 9.13 Å². The van der Waals surface area contributed by atoms with Gasteiger partial charge in [-0.1, -0.05) is 48.5 Å². The number of hydrogen-bond donors (Lipinski definition) is 0. The van der Waals surface area contributed by atoms with E-state index in [0.717, 1.165) is 23.1 Å². The Hall–Kier alpha value is -3.59. The van der Waals surface area contributed by atoms with Gasteiger partial charge in [0.1, 0.15) is 0 Å². The van der Waals surface area contributed by atoms with Crippen molar-refractivity contribution in [1.82, 2.24) is 9.13 Å². The molecule has 0 spiro atoms. The van der Waals surface area contributed by atoms with E-state index in [0.29, 0.717) is 0 Å². The molecule has 0 unspecified atom stereocenters. The first-order valence-electron chi connectivity index (χ1n) is 9.03. The van der Waals surface area contributed by atoms with Crippen molar-refractivity contribution in [2.24, 2.45) is 0 Å². The molecule has 0 amide bonds. The lowest BCUT2D eigenvalue weighted by Crippen LogP contribution is -2.06. The molecular formula is C24H18N2O. The predicted molar refractivity (Wildman–Crippen MR) is 111 cm³/mol. The molecule has 3 nitrogen and oxygen atoms in total. The summed E-state index contributed by atoms with van der Waals surface area (Å²) in [6, 6.07) is 28.4. The minimum absolute atomic E-state index is 0.0513. The largest absolute Gasteiger partial charge is 0.343 e. The Morgan fingerprint density at radius 2 is 1.52 bits per heavy atom. The van der Waals surface area contributed by atoms with Gasteiger partial charge in [0.05, 0.1) is 11.0 Å². The summed E-state index contributed by atoms with van der Waals surface area (Å²) in [4.78, 5) is 12.2. The molecule has 0 fully saturated rings. The van der Waals surface area contributed by atoms with Gasteiger partial charge in [-0.2, -0.15) is 0 Å². The van der Waals surface area contributed by atoms with Crippen LogP contribution in [0, 0.1) is 0 Å². The van der Waals surface area contributed by atoms with Crippen LogP contribution in [0.25, 0.3) is 27.5 Å². The summed E-state index contributed by atoms with van der Waals surface area (Å²) in [5.74, 6) is 0. The zero-order valence-electron chi connectivity index (χ0n) is 14.7. The molecule has 0 radical (unpaired) electrons. The van der Waals surface area contributed by atoms with Gasteiger partial charge in [-0.3, -0.25) is 4.79 Å². The number of rotatable bonds is 3. The molecule has 0 bridgehead atoms. The second-order valence-electron chi connectivity index (χ2n) is 6.74. The summed E-state index contributed by atoms with van der Waals surface area (Å²) in [6.45, 7) is 0.832. The predicted octanol–water partition coefficient (Wildman–Crippen LogP) is 4.99. The first kappa shape index (κ1) is 15.6. The minimum atomic E-state index is 0.0513. The van der Waals surface area contributed by atoms with Crippen molar-refractivity contribution in [3.05, 3.63) is 113 Å². The van der Waals surface area contributed by atoms with E-state index < -0.39 is 0 Å². The van der Waals surface area contributed by atoms with Crippen LogP contribution < -0.4 is 5.43 Å². The van der Waals surface area contributed by atoms with Gasteiger partial charge in [0.15, 0.2) is 5.43 Å². The fraction of sp³-hybridized carbons (Fsp3) is 0.0417. The van der Waals surface area contributed by atoms with Crippen LogP contribution in [0.15, 0.2) is 102 Å². The van der Waals surface area contributed by atoms with Crippen molar-refractivity contribution in [2.45, 2.75) is 6.54 Å². The standard InChI is InChI=1S/C24H18N2O/c27-24-13-15-26(22-9-5-4-8-21(22)24)20-11-10-19-12-14-25(23(19)16-20)17-18-6-2-1-3-7-18/h1-16H,17H2. The first-order chi connectivity index (χ1) is 13.3. The van der Waals surface area contributed by atoms with Gasteiger partial charge in [0.25, 0.3) is 0 Å². The van der Waals surface area contributed by atoms with Gasteiger partial charge in [0, 0.05) is 36.1 Å². The minimum Gasteiger partial charge on any atom is -0.343 e. The van der Waals surface area contributed by atoms with Crippen LogP contribution in [-0.2, 0) is 6.54 Å². The zero-order chi connectivity index (χ0) is 18.2. The Bertz CT molecular complexity index is 1310. The Labute approximate surface area is 156 Å². The maximum atomic E-state index is 12.2. The van der Waals surface area contributed by atoms with E-state index in [9.17, 15) is 4.79 Å². The average Bonchev–Trinajstić information content (AvgIpc) is 3.11. The number of hydrogen-bond acceptors (Lipinski definition) is 1. The van der Waals surface area contributed by atoms with E-state index in [1.807, 2.05) is 36.5 Å². The highest BCUT2D eigenvalue weighted by Gasteiger charge is 2.07. The van der Waals surface area contributed by atoms with Gasteiger partial charge in [-0.25, -0.2) is 0 Å². The summed E-state index contributed by atoms with van der Waals surface area (Å²) in [6.07, 6.45) is 3.99. The number of fused-ring (bicyclic) bond motifs is 2. The molecule has 0 atom stereocenters. The summed E-state index contributed by atoms with van der Waals surface area (Å²) in [5, 5.41) is 1.94. The normalized spacial score (nSPS) is 11.3. The fourth-order valence-corrected chi connectivity index (χ4v) is 3.67. The highest BCUT2D eigenvalue weighted by molar-refractivity contribution is 5.85. The van der Waals surface area contributed by atoms with Gasteiger partial charge in [-0.05, 0) is 41.3 Å². The van der Waals surface area contributed by atoms with Crippen molar-refractivity contribution in [3.8, 4) is 5.69 Å². The maximum absolute atomic E-state index is 12.2. The number of pyridine rings is 1. The molecule has 0 saturated heterocycles. The SMILES string of the molecule is O=c1ccn(-c2ccc3ccn(Cc4ccccc4)c3c2)c2ccccc12. The quantitative estimate of drug-likeness (QED) is 0.450. The molecular weight excluding hydrogens is 332 g/mol. The third-order valence-corrected chi connectivity index (χ3v) is 5.04. The van der Waals surface area contributed by atoms with Crippen LogP contribution in [-0.4, -0.2) is 9.13 Å². The van der Waals surface area contributed by atoms with Crippen molar-refractivity contribution >= 4 is 21.8 Å². The second-order valence-corrected chi connectivity index (χ2v) is 6.74. The van der Waals surface area contributed by atoms with E-state index in [-0.39, 0.29) is 5.43 Å². The van der Waals surface area contributed by atoms with Gasteiger partial charge >= 0.3 is 0 Å². The summed E-state index contributed by atoms with van der Waals surface area (Å²) >= 11 is 0. The van der Waals surface area contributed by atoms with Crippen LogP contribution in [0.3, 0.4) is 0 Å². The van der Waals surface area contributed by atoms with Crippen LogP contribution in [0.5, 0.6) is 0 Å². The summed E-state index contributed by atoms with van der Waals surface area (Å²) in [7, 11) is 0. The van der Waals surface area contributed by atoms with Gasteiger partial charge in [-0.15, -0.1) is 0 Å². The molecule has 0 aliphatic rings. The topological polar surface area (TPSA) is 26.9 Å². The molecule has 0 aliphatic carbocycles. The van der Waals surface area contributed by atoms with Gasteiger partial charge in [0.2, 0.25) is 0 Å². The number of aromatic nitrogens is 2. The summed E-state index contributed by atoms with van der Waals surface area (Å²) in [5.41, 5.74) is 4.47. The number of para-hydroxylation sites is 1. The van der Waals surface area contributed by atoms with Crippen LogP contribution in [0.1, 0.15) is 5.56 Å². The monoisotopic (exact) mass is 350 g/mol. The maximum Gasteiger partial charge on any atom is 0.189 e. The molecule has 0 aliphatic heterocycles. The van der Waals surface area contributed by atoms with Crippen molar-refractivity contribution in [1.29, 1.82) is 0 Å². The zero-order valence-corrected chi connectivity index (χ0v) is 14.7. The summed E-state index contributed by atoms with van der Waals surface area (Å²) < 4.78 is 4.34. The highest BCUT2D eigenvalue weighted by atomic mass is 16.1. The molecule has 0 N–H and O–H groups in total. The average molecular weight is 350 g/mol. The Morgan fingerprint density at radius 3 is 2.41 bits per heavy atom. The Kier molecular flexibility index (Phi) is 3.65. The molecule has 2 heterocycles. The van der Waals surface area contributed by atoms with Crippen LogP contribution in [0.2, 0.25) is 0 Å². The van der Waals surface area contributed by atoms with Crippen molar-refractivity contribution in [2.75, 3.05) is 0 Å². The molecule has 0 saturated carbocycles. The second kappa shape index (κ2) is 6.29. The lowest BCUT2D eigenvalue weighted by atomic mass is 10.1. The van der Waals surface area contributed by atoms with E-state index in [4.69, 9.17) is 0 Å². The molecule has 3 aromatic carbocycles. The van der Waals surface area contributed by atoms with Crippen molar-refractivity contribution in [3.63, 3.8) is 0 Å². The molecule has 3 heteroatoms. The van der Waals surface area contributed by atoms with E-state index in [1.165, 1.54) is 16.5 Å². The van der Waals surface area contributed by atoms with Crippen LogP contribution >= 0.6 is 0 Å². The smallest absolute Gasteiger partial charge is 0.189 e. The van der Waals surface area contributed by atoms with Crippen LogP contribution in [0.4, 0.5) is 0 Å². The molecule has 5 rings (SSSR count). The molecule has 2 aromatic heterocycles. The Morgan fingerprint density at radius 1 is 0.704 bits per heavy atom. The Balaban J connectivity index is 1.66. The lowest BCUT2D eigenvalue weighted by molar-refractivity contribution is 0.836. The van der Waals surface area contributed by atoms with Crippen molar-refractivity contribution < 1.29 is 0 Å². The molecule has 27 heavy (non-hydrogen) atoms. The highest BCUT2D eigenvalue weighted by Crippen LogP contribution is 2.23. The number of nitrogens with zero attached hydrogens (tertiary/aromatic N) is 2.